The van der Waals surface area contributed by atoms with Gasteiger partial charge in [0.15, 0.2) is 5.78 Å². The Labute approximate surface area is 123 Å². The predicted octanol–water partition coefficient (Wildman–Crippen LogP) is 4.51. The fourth-order valence-corrected chi connectivity index (χ4v) is 2.17. The first-order chi connectivity index (χ1) is 9.47. The van der Waals surface area contributed by atoms with Gasteiger partial charge in [0.05, 0.1) is 5.56 Å². The average molecular weight is 341 g/mol. The third-order valence-electron chi connectivity index (χ3n) is 2.72. The SMILES string of the molecule is CC(=O)c1ccc(F)cc1OCc1ccc(F)cc1Br. The van der Waals surface area contributed by atoms with Crippen molar-refractivity contribution >= 4 is 21.7 Å². The number of halogens is 3. The topological polar surface area (TPSA) is 26.3 Å². The van der Waals surface area contributed by atoms with Gasteiger partial charge in [0.2, 0.25) is 0 Å². The second-order valence-electron chi connectivity index (χ2n) is 4.22. The van der Waals surface area contributed by atoms with Gasteiger partial charge in [0.1, 0.15) is 24.0 Å². The van der Waals surface area contributed by atoms with Crippen LogP contribution < -0.4 is 4.74 Å². The van der Waals surface area contributed by atoms with Crippen LogP contribution in [0.3, 0.4) is 0 Å². The summed E-state index contributed by atoms with van der Waals surface area (Å²) in [5.74, 6) is -0.883. The minimum Gasteiger partial charge on any atom is -0.488 e. The lowest BCUT2D eigenvalue weighted by Gasteiger charge is -2.11. The number of ether oxygens (including phenoxy) is 1. The molecule has 0 unspecified atom stereocenters. The van der Waals surface area contributed by atoms with E-state index in [1.165, 1.54) is 31.2 Å². The summed E-state index contributed by atoms with van der Waals surface area (Å²) < 4.78 is 32.2. The average Bonchev–Trinajstić information content (AvgIpc) is 2.37. The molecule has 5 heteroatoms. The Morgan fingerprint density at radius 2 is 1.80 bits per heavy atom. The fourth-order valence-electron chi connectivity index (χ4n) is 1.70. The van der Waals surface area contributed by atoms with E-state index in [0.717, 1.165) is 6.07 Å². The van der Waals surface area contributed by atoms with Crippen molar-refractivity contribution in [2.45, 2.75) is 13.5 Å². The molecule has 0 N–H and O–H groups in total. The van der Waals surface area contributed by atoms with Gasteiger partial charge >= 0.3 is 0 Å². The third-order valence-corrected chi connectivity index (χ3v) is 3.46. The van der Waals surface area contributed by atoms with Crippen LogP contribution in [0.2, 0.25) is 0 Å². The molecule has 0 saturated heterocycles. The summed E-state index contributed by atoms with van der Waals surface area (Å²) >= 11 is 3.22. The maximum atomic E-state index is 13.2. The number of benzene rings is 2. The minimum atomic E-state index is -0.483. The van der Waals surface area contributed by atoms with Crippen molar-refractivity contribution < 1.29 is 18.3 Å². The molecular weight excluding hydrogens is 330 g/mol. The van der Waals surface area contributed by atoms with Gasteiger partial charge in [-0.1, -0.05) is 22.0 Å². The number of hydrogen-bond donors (Lipinski definition) is 0. The lowest BCUT2D eigenvalue weighted by atomic mass is 10.1. The Morgan fingerprint density at radius 3 is 2.45 bits per heavy atom. The van der Waals surface area contributed by atoms with E-state index in [2.05, 4.69) is 15.9 Å². The van der Waals surface area contributed by atoms with Gasteiger partial charge in [-0.05, 0) is 31.2 Å². The molecule has 0 amide bonds. The van der Waals surface area contributed by atoms with E-state index in [1.54, 1.807) is 6.07 Å². The summed E-state index contributed by atoms with van der Waals surface area (Å²) in [6, 6.07) is 7.93. The summed E-state index contributed by atoms with van der Waals surface area (Å²) in [5.41, 5.74) is 1.01. The highest BCUT2D eigenvalue weighted by Gasteiger charge is 2.11. The standard InChI is InChI=1S/C15H11BrF2O2/c1-9(19)13-5-4-12(18)7-15(13)20-8-10-2-3-11(17)6-14(10)16/h2-7H,8H2,1H3. The van der Waals surface area contributed by atoms with Crippen LogP contribution in [-0.2, 0) is 6.61 Å². The van der Waals surface area contributed by atoms with E-state index >= 15 is 0 Å². The van der Waals surface area contributed by atoms with Crippen LogP contribution >= 0.6 is 15.9 Å². The number of carbonyl (C=O) groups excluding carboxylic acids is 1. The second-order valence-corrected chi connectivity index (χ2v) is 5.08. The molecule has 0 atom stereocenters. The summed E-state index contributed by atoms with van der Waals surface area (Å²) in [5, 5.41) is 0. The first-order valence-corrected chi connectivity index (χ1v) is 6.64. The molecule has 0 radical (unpaired) electrons. The van der Waals surface area contributed by atoms with Crippen molar-refractivity contribution in [3.63, 3.8) is 0 Å². The van der Waals surface area contributed by atoms with Crippen molar-refractivity contribution in [2.24, 2.45) is 0 Å². The number of carbonyl (C=O) groups is 1. The van der Waals surface area contributed by atoms with Crippen molar-refractivity contribution in [3.05, 3.63) is 63.6 Å². The van der Waals surface area contributed by atoms with Crippen LogP contribution in [0, 0.1) is 11.6 Å². The largest absolute Gasteiger partial charge is 0.488 e. The van der Waals surface area contributed by atoms with E-state index in [-0.39, 0.29) is 24.0 Å². The van der Waals surface area contributed by atoms with Gasteiger partial charge in [0, 0.05) is 16.1 Å². The van der Waals surface area contributed by atoms with E-state index < -0.39 is 5.82 Å². The van der Waals surface area contributed by atoms with Crippen LogP contribution in [-0.4, -0.2) is 5.78 Å². The molecule has 2 aromatic rings. The number of ketones is 1. The molecule has 0 aliphatic carbocycles. The summed E-state index contributed by atoms with van der Waals surface area (Å²) in [4.78, 5) is 11.4. The summed E-state index contributed by atoms with van der Waals surface area (Å²) in [6.07, 6.45) is 0. The lowest BCUT2D eigenvalue weighted by Crippen LogP contribution is -2.03. The Balaban J connectivity index is 2.22. The highest BCUT2D eigenvalue weighted by Crippen LogP contribution is 2.24. The molecule has 2 rings (SSSR count). The Hall–Kier alpha value is -1.75. The van der Waals surface area contributed by atoms with Gasteiger partial charge < -0.3 is 4.74 Å². The van der Waals surface area contributed by atoms with Crippen LogP contribution in [0.5, 0.6) is 5.75 Å². The number of Topliss-reactive ketones (excluding diaryl/α,β-unsaturated/α-hetero) is 1. The molecule has 20 heavy (non-hydrogen) atoms. The molecule has 104 valence electrons. The maximum absolute atomic E-state index is 13.2. The van der Waals surface area contributed by atoms with Crippen LogP contribution in [0.1, 0.15) is 22.8 Å². The van der Waals surface area contributed by atoms with Crippen molar-refractivity contribution in [1.82, 2.24) is 0 Å². The molecule has 0 bridgehead atoms. The van der Waals surface area contributed by atoms with Gasteiger partial charge in [0.25, 0.3) is 0 Å². The Morgan fingerprint density at radius 1 is 1.15 bits per heavy atom. The monoisotopic (exact) mass is 340 g/mol. The van der Waals surface area contributed by atoms with Gasteiger partial charge in [-0.3, -0.25) is 4.79 Å². The lowest BCUT2D eigenvalue weighted by molar-refractivity contribution is 0.101. The molecule has 0 aromatic heterocycles. The van der Waals surface area contributed by atoms with E-state index in [4.69, 9.17) is 4.74 Å². The van der Waals surface area contributed by atoms with Gasteiger partial charge in [-0.25, -0.2) is 8.78 Å². The van der Waals surface area contributed by atoms with Crippen LogP contribution in [0.4, 0.5) is 8.78 Å². The number of rotatable bonds is 4. The molecule has 0 fully saturated rings. The zero-order valence-electron chi connectivity index (χ0n) is 10.6. The van der Waals surface area contributed by atoms with Crippen molar-refractivity contribution in [1.29, 1.82) is 0 Å². The zero-order valence-corrected chi connectivity index (χ0v) is 12.2. The molecule has 2 aromatic carbocycles. The van der Waals surface area contributed by atoms with Crippen LogP contribution in [0.25, 0.3) is 0 Å². The van der Waals surface area contributed by atoms with E-state index in [0.29, 0.717) is 15.6 Å². The minimum absolute atomic E-state index is 0.102. The van der Waals surface area contributed by atoms with Gasteiger partial charge in [-0.2, -0.15) is 0 Å². The Kier molecular flexibility index (Phi) is 4.49. The third kappa shape index (κ3) is 3.42. The molecule has 0 spiro atoms. The number of hydrogen-bond acceptors (Lipinski definition) is 2. The normalized spacial score (nSPS) is 10.4. The first-order valence-electron chi connectivity index (χ1n) is 5.84. The predicted molar refractivity (Wildman–Crippen MR) is 74.8 cm³/mol. The smallest absolute Gasteiger partial charge is 0.163 e. The van der Waals surface area contributed by atoms with E-state index in [9.17, 15) is 13.6 Å². The molecule has 0 saturated carbocycles. The molecular formula is C15H11BrF2O2. The molecule has 0 aliphatic rings. The summed E-state index contributed by atoms with van der Waals surface area (Å²) in [7, 11) is 0. The molecule has 0 aliphatic heterocycles. The van der Waals surface area contributed by atoms with Gasteiger partial charge in [-0.15, -0.1) is 0 Å². The van der Waals surface area contributed by atoms with Crippen LogP contribution in [0.15, 0.2) is 40.9 Å². The molecule has 0 heterocycles. The molecule has 2 nitrogen and oxygen atoms in total. The second kappa shape index (κ2) is 6.13. The highest BCUT2D eigenvalue weighted by molar-refractivity contribution is 9.10. The first kappa shape index (κ1) is 14.7. The highest BCUT2D eigenvalue weighted by atomic mass is 79.9. The Bertz CT molecular complexity index is 656. The fraction of sp³-hybridized carbons (Fsp3) is 0.133. The van der Waals surface area contributed by atoms with Crippen molar-refractivity contribution in [3.8, 4) is 5.75 Å². The van der Waals surface area contributed by atoms with Crippen molar-refractivity contribution in [2.75, 3.05) is 0 Å². The summed E-state index contributed by atoms with van der Waals surface area (Å²) in [6.45, 7) is 1.48. The van der Waals surface area contributed by atoms with E-state index in [1.807, 2.05) is 0 Å². The zero-order chi connectivity index (χ0) is 14.7. The maximum Gasteiger partial charge on any atom is 0.163 e. The quantitative estimate of drug-likeness (QED) is 0.765.